The molecular weight excluding hydrogens is 448 g/mol. The van der Waals surface area contributed by atoms with Gasteiger partial charge in [0.25, 0.3) is 0 Å². The average molecular weight is 479 g/mol. The number of nitrogens with one attached hydrogen (secondary N) is 1. The molecule has 1 aromatic rings. The molecular formula is C27H31ClN4O2. The summed E-state index contributed by atoms with van der Waals surface area (Å²) in [5, 5.41) is 3.75. The molecule has 1 fully saturated rings. The first-order valence-corrected chi connectivity index (χ1v) is 12.3. The summed E-state index contributed by atoms with van der Waals surface area (Å²) < 4.78 is 5.52. The molecule has 0 radical (unpaired) electrons. The number of carbonyl (C=O) groups excluding carboxylic acids is 1. The van der Waals surface area contributed by atoms with Gasteiger partial charge in [-0.1, -0.05) is 60.2 Å². The molecule has 3 unspecified atom stereocenters. The smallest absolute Gasteiger partial charge is 0.408 e. The first-order valence-electron chi connectivity index (χ1n) is 12.0. The Morgan fingerprint density at radius 3 is 2.59 bits per heavy atom. The van der Waals surface area contributed by atoms with Crippen LogP contribution in [0.15, 0.2) is 69.8 Å². The topological polar surface area (TPSA) is 66.3 Å². The van der Waals surface area contributed by atoms with Crippen molar-refractivity contribution in [2.75, 3.05) is 0 Å². The fraction of sp³-hybridized carbons (Fsp3) is 0.444. The lowest BCUT2D eigenvalue weighted by Crippen LogP contribution is -2.52. The number of aliphatic imine (C=N–C) groups is 2. The molecule has 0 bridgehead atoms. The second-order valence-corrected chi connectivity index (χ2v) is 10.9. The molecule has 178 valence electrons. The number of carbonyl (C=O) groups is 1. The summed E-state index contributed by atoms with van der Waals surface area (Å²) in [6.45, 7) is 5.64. The average Bonchev–Trinajstić information content (AvgIpc) is 3.14. The van der Waals surface area contributed by atoms with Gasteiger partial charge in [0.2, 0.25) is 5.96 Å². The number of benzene rings is 1. The molecule has 5 rings (SSSR count). The zero-order valence-corrected chi connectivity index (χ0v) is 20.6. The van der Waals surface area contributed by atoms with Crippen LogP contribution in [0.25, 0.3) is 0 Å². The summed E-state index contributed by atoms with van der Waals surface area (Å²) in [7, 11) is 0. The summed E-state index contributed by atoms with van der Waals surface area (Å²) in [5.74, 6) is 1.00. The van der Waals surface area contributed by atoms with Crippen LogP contribution >= 0.6 is 11.6 Å². The number of halogens is 1. The van der Waals surface area contributed by atoms with Crippen LogP contribution in [0.2, 0.25) is 0 Å². The van der Waals surface area contributed by atoms with Gasteiger partial charge in [-0.05, 0) is 57.6 Å². The summed E-state index contributed by atoms with van der Waals surface area (Å²) in [6.07, 6.45) is 15.7. The third kappa shape index (κ3) is 4.43. The van der Waals surface area contributed by atoms with E-state index in [0.717, 1.165) is 36.8 Å². The molecule has 3 atom stereocenters. The Hall–Kier alpha value is -2.86. The van der Waals surface area contributed by atoms with Crippen LogP contribution in [-0.4, -0.2) is 34.8 Å². The van der Waals surface area contributed by atoms with Crippen molar-refractivity contribution >= 4 is 29.9 Å². The minimum atomic E-state index is -0.524. The highest BCUT2D eigenvalue weighted by Gasteiger charge is 2.43. The molecule has 0 aromatic heterocycles. The van der Waals surface area contributed by atoms with E-state index in [9.17, 15) is 4.79 Å². The van der Waals surface area contributed by atoms with Gasteiger partial charge < -0.3 is 15.0 Å². The third-order valence-corrected chi connectivity index (χ3v) is 7.10. The van der Waals surface area contributed by atoms with E-state index in [1.165, 1.54) is 0 Å². The molecule has 2 aliphatic heterocycles. The number of nitrogens with zero attached hydrogens (tertiary/aromatic N) is 3. The van der Waals surface area contributed by atoms with Crippen LogP contribution in [-0.2, 0) is 10.3 Å². The van der Waals surface area contributed by atoms with Crippen LogP contribution in [0.4, 0.5) is 4.79 Å². The van der Waals surface area contributed by atoms with Gasteiger partial charge in [0.15, 0.2) is 0 Å². The van der Waals surface area contributed by atoms with E-state index < -0.39 is 5.60 Å². The van der Waals surface area contributed by atoms with Crippen LogP contribution in [0.3, 0.4) is 0 Å². The second kappa shape index (κ2) is 8.73. The molecule has 0 spiro atoms. The van der Waals surface area contributed by atoms with E-state index in [-0.39, 0.29) is 23.7 Å². The number of fused-ring (bicyclic) bond motifs is 1. The normalized spacial score (nSPS) is 26.9. The van der Waals surface area contributed by atoms with E-state index in [1.54, 1.807) is 6.21 Å². The minimum absolute atomic E-state index is 0.0580. The number of allylic oxidation sites excluding steroid dienone is 4. The second-order valence-electron chi connectivity index (χ2n) is 10.4. The maximum absolute atomic E-state index is 12.5. The van der Waals surface area contributed by atoms with Crippen molar-refractivity contribution < 1.29 is 9.53 Å². The van der Waals surface area contributed by atoms with Gasteiger partial charge in [0.05, 0.1) is 22.8 Å². The summed E-state index contributed by atoms with van der Waals surface area (Å²) in [6, 6.07) is 8.59. The molecule has 1 N–H and O–H groups in total. The van der Waals surface area contributed by atoms with Crippen LogP contribution < -0.4 is 5.32 Å². The number of hydrogen-bond donors (Lipinski definition) is 1. The van der Waals surface area contributed by atoms with E-state index in [0.29, 0.717) is 16.9 Å². The Morgan fingerprint density at radius 2 is 1.97 bits per heavy atom. The van der Waals surface area contributed by atoms with Gasteiger partial charge in [-0.3, -0.25) is 0 Å². The first kappa shape index (κ1) is 22.9. The number of ether oxygens (including phenoxy) is 1. The molecule has 34 heavy (non-hydrogen) atoms. The predicted molar refractivity (Wildman–Crippen MR) is 136 cm³/mol. The summed E-state index contributed by atoms with van der Waals surface area (Å²) in [4.78, 5) is 24.1. The van der Waals surface area contributed by atoms with Crippen molar-refractivity contribution in [3.8, 4) is 0 Å². The summed E-state index contributed by atoms with van der Waals surface area (Å²) >= 11 is 6.29. The van der Waals surface area contributed by atoms with Gasteiger partial charge in [-0.25, -0.2) is 14.8 Å². The molecule has 4 aliphatic rings. The molecule has 2 heterocycles. The molecule has 1 amide bonds. The van der Waals surface area contributed by atoms with Crippen LogP contribution in [0.1, 0.15) is 63.6 Å². The molecule has 1 saturated carbocycles. The number of hydrogen-bond acceptors (Lipinski definition) is 5. The first-order chi connectivity index (χ1) is 16.2. The maximum atomic E-state index is 12.5. The lowest BCUT2D eigenvalue weighted by molar-refractivity contribution is 0.0377. The largest absolute Gasteiger partial charge is 0.444 e. The van der Waals surface area contributed by atoms with Crippen molar-refractivity contribution in [2.24, 2.45) is 15.9 Å². The Kier molecular flexibility index (Phi) is 5.88. The Balaban J connectivity index is 1.40. The molecule has 1 aromatic carbocycles. The Morgan fingerprint density at radius 1 is 1.21 bits per heavy atom. The van der Waals surface area contributed by atoms with Crippen molar-refractivity contribution in [1.82, 2.24) is 10.2 Å². The van der Waals surface area contributed by atoms with Gasteiger partial charge in [0.1, 0.15) is 11.6 Å². The Bertz CT molecular complexity index is 1110. The number of alkyl carbamates (subject to hydrolysis) is 1. The van der Waals surface area contributed by atoms with E-state index in [2.05, 4.69) is 63.8 Å². The van der Waals surface area contributed by atoms with Crippen molar-refractivity contribution in [3.05, 3.63) is 70.9 Å². The quantitative estimate of drug-likeness (QED) is 0.579. The highest BCUT2D eigenvalue weighted by molar-refractivity contribution is 6.40. The zero-order chi connectivity index (χ0) is 23.9. The van der Waals surface area contributed by atoms with Gasteiger partial charge >= 0.3 is 6.09 Å². The van der Waals surface area contributed by atoms with E-state index in [1.807, 2.05) is 27.0 Å². The molecule has 6 nitrogen and oxygen atoms in total. The molecule has 0 saturated heterocycles. The SMILES string of the molecule is CC(C)(C)OC(=O)NC1(c2ccc(C3N=C4N=CC(Cl)=CN4C3C3C=CC=CC3)cc2)CCC1. The zero-order valence-electron chi connectivity index (χ0n) is 19.9. The maximum Gasteiger partial charge on any atom is 0.408 e. The number of amides is 1. The van der Waals surface area contributed by atoms with E-state index >= 15 is 0 Å². The van der Waals surface area contributed by atoms with Crippen LogP contribution in [0, 0.1) is 5.92 Å². The van der Waals surface area contributed by atoms with Gasteiger partial charge in [0, 0.05) is 12.1 Å². The fourth-order valence-electron chi connectivity index (χ4n) is 5.16. The molecule has 2 aliphatic carbocycles. The van der Waals surface area contributed by atoms with Crippen LogP contribution in [0.5, 0.6) is 0 Å². The van der Waals surface area contributed by atoms with Crippen molar-refractivity contribution in [2.45, 2.75) is 69.7 Å². The van der Waals surface area contributed by atoms with Gasteiger partial charge in [-0.15, -0.1) is 0 Å². The monoisotopic (exact) mass is 478 g/mol. The highest BCUT2D eigenvalue weighted by atomic mass is 35.5. The van der Waals surface area contributed by atoms with E-state index in [4.69, 9.17) is 21.3 Å². The number of rotatable bonds is 4. The highest BCUT2D eigenvalue weighted by Crippen LogP contribution is 2.44. The Labute approximate surface area is 206 Å². The molecule has 7 heteroatoms. The minimum Gasteiger partial charge on any atom is -0.444 e. The summed E-state index contributed by atoms with van der Waals surface area (Å²) in [5.41, 5.74) is 1.35. The van der Waals surface area contributed by atoms with Crippen molar-refractivity contribution in [3.63, 3.8) is 0 Å². The standard InChI is InChI=1S/C27H31ClN4O2/c1-26(2,3)34-25(33)31-27(14-7-15-27)20-12-10-18(11-13-20)22-23(19-8-5-4-6-9-19)32-17-21(28)16-29-24(32)30-22/h4-6,8,10-13,16-17,19,22-23H,7,9,14-15H2,1-3H3,(H,31,33). The lowest BCUT2D eigenvalue weighted by atomic mass is 9.71. The van der Waals surface area contributed by atoms with Gasteiger partial charge in [-0.2, -0.15) is 0 Å². The fourth-order valence-corrected chi connectivity index (χ4v) is 5.32. The van der Waals surface area contributed by atoms with Crippen molar-refractivity contribution in [1.29, 1.82) is 0 Å². The third-order valence-electron chi connectivity index (χ3n) is 6.90. The number of guanidine groups is 1. The lowest BCUT2D eigenvalue weighted by Gasteiger charge is -2.43. The predicted octanol–water partition coefficient (Wildman–Crippen LogP) is 5.97.